The van der Waals surface area contributed by atoms with Crippen LogP contribution in [0.4, 0.5) is 0 Å². The lowest BCUT2D eigenvalue weighted by atomic mass is 10.0. The first-order valence-corrected chi connectivity index (χ1v) is 11.4. The van der Waals surface area contributed by atoms with Gasteiger partial charge in [0.1, 0.15) is 17.1 Å². The predicted molar refractivity (Wildman–Crippen MR) is 136 cm³/mol. The molecule has 0 fully saturated rings. The van der Waals surface area contributed by atoms with E-state index in [2.05, 4.69) is 10.1 Å². The van der Waals surface area contributed by atoms with E-state index < -0.39 is 0 Å². The number of carbonyl (C=O) groups excluding carboxylic acids is 2. The number of aryl methyl sites for hydroxylation is 1. The van der Waals surface area contributed by atoms with Gasteiger partial charge in [-0.05, 0) is 55.0 Å². The summed E-state index contributed by atoms with van der Waals surface area (Å²) in [6.45, 7) is 2.00. The van der Waals surface area contributed by atoms with E-state index in [1.807, 2.05) is 37.4 Å². The molecule has 0 aliphatic heterocycles. The molecule has 4 aromatic rings. The fraction of sp³-hybridized carbons (Fsp3) is 0.214. The molecule has 0 N–H and O–H groups in total. The summed E-state index contributed by atoms with van der Waals surface area (Å²) in [5.74, 6) is 1.12. The van der Waals surface area contributed by atoms with E-state index in [4.69, 9.17) is 14.2 Å². The first kappa shape index (κ1) is 24.7. The standard InChI is InChI=1S/C28H27N3O5/c1-18-6-8-20(22(16-18)31-15-5-14-29-31)28-26(35-3)13-9-21(30-28)24(33)11-10-23(32)19-7-12-25(34-2)27(17-19)36-4/h5-9,12-17H,10-11H2,1-4H3. The third kappa shape index (κ3) is 5.12. The van der Waals surface area contributed by atoms with Crippen molar-refractivity contribution in [3.05, 3.63) is 83.8 Å². The van der Waals surface area contributed by atoms with Crippen LogP contribution in [0, 0.1) is 6.92 Å². The highest BCUT2D eigenvalue weighted by Gasteiger charge is 2.19. The van der Waals surface area contributed by atoms with Crippen LogP contribution >= 0.6 is 0 Å². The lowest BCUT2D eigenvalue weighted by Gasteiger charge is -2.14. The van der Waals surface area contributed by atoms with Crippen LogP contribution in [0.3, 0.4) is 0 Å². The van der Waals surface area contributed by atoms with Crippen molar-refractivity contribution in [1.82, 2.24) is 14.8 Å². The molecule has 2 aromatic heterocycles. The van der Waals surface area contributed by atoms with E-state index in [1.54, 1.807) is 48.3 Å². The van der Waals surface area contributed by atoms with Crippen LogP contribution in [0.5, 0.6) is 17.2 Å². The van der Waals surface area contributed by atoms with Gasteiger partial charge in [0.2, 0.25) is 0 Å². The molecule has 0 aliphatic rings. The zero-order valence-corrected chi connectivity index (χ0v) is 20.6. The molecular weight excluding hydrogens is 458 g/mol. The lowest BCUT2D eigenvalue weighted by Crippen LogP contribution is -2.09. The first-order valence-electron chi connectivity index (χ1n) is 11.4. The molecule has 0 amide bonds. The number of pyridine rings is 1. The van der Waals surface area contributed by atoms with Crippen molar-refractivity contribution in [1.29, 1.82) is 0 Å². The Hall–Kier alpha value is -4.46. The highest BCUT2D eigenvalue weighted by atomic mass is 16.5. The van der Waals surface area contributed by atoms with Gasteiger partial charge in [0.15, 0.2) is 23.1 Å². The average molecular weight is 486 g/mol. The minimum atomic E-state index is -0.236. The summed E-state index contributed by atoms with van der Waals surface area (Å²) in [4.78, 5) is 30.4. The van der Waals surface area contributed by atoms with Crippen molar-refractivity contribution in [2.75, 3.05) is 21.3 Å². The number of ketones is 2. The van der Waals surface area contributed by atoms with Crippen molar-refractivity contribution >= 4 is 11.6 Å². The minimum Gasteiger partial charge on any atom is -0.494 e. The molecule has 0 bridgehead atoms. The maximum absolute atomic E-state index is 13.0. The number of ether oxygens (including phenoxy) is 3. The first-order chi connectivity index (χ1) is 17.4. The fourth-order valence-corrected chi connectivity index (χ4v) is 3.91. The Kier molecular flexibility index (Phi) is 7.44. The van der Waals surface area contributed by atoms with Gasteiger partial charge < -0.3 is 14.2 Å². The van der Waals surface area contributed by atoms with Gasteiger partial charge in [-0.3, -0.25) is 9.59 Å². The maximum atomic E-state index is 13.0. The normalized spacial score (nSPS) is 10.7. The smallest absolute Gasteiger partial charge is 0.181 e. The zero-order valence-electron chi connectivity index (χ0n) is 20.6. The molecule has 8 heteroatoms. The quantitative estimate of drug-likeness (QED) is 0.288. The Morgan fingerprint density at radius 3 is 2.25 bits per heavy atom. The van der Waals surface area contributed by atoms with E-state index >= 15 is 0 Å². The number of nitrogens with zero attached hydrogens (tertiary/aromatic N) is 3. The summed E-state index contributed by atoms with van der Waals surface area (Å²) in [7, 11) is 4.60. The molecule has 2 aromatic carbocycles. The van der Waals surface area contributed by atoms with Gasteiger partial charge >= 0.3 is 0 Å². The fourth-order valence-electron chi connectivity index (χ4n) is 3.91. The van der Waals surface area contributed by atoms with Gasteiger partial charge in [-0.15, -0.1) is 0 Å². The summed E-state index contributed by atoms with van der Waals surface area (Å²) < 4.78 is 17.8. The van der Waals surface area contributed by atoms with Crippen LogP contribution in [0.2, 0.25) is 0 Å². The van der Waals surface area contributed by atoms with Gasteiger partial charge in [-0.25, -0.2) is 9.67 Å². The molecule has 0 saturated carbocycles. The van der Waals surface area contributed by atoms with E-state index in [9.17, 15) is 9.59 Å². The Labute approximate surface area is 209 Å². The Bertz CT molecular complexity index is 1400. The second-order valence-electron chi connectivity index (χ2n) is 8.13. The third-order valence-electron chi connectivity index (χ3n) is 5.81. The molecule has 4 rings (SSSR count). The topological polar surface area (TPSA) is 92.5 Å². The molecular formula is C28H27N3O5. The van der Waals surface area contributed by atoms with E-state index in [1.165, 1.54) is 14.2 Å². The van der Waals surface area contributed by atoms with E-state index in [0.717, 1.165) is 16.8 Å². The number of carbonyl (C=O) groups is 2. The number of rotatable bonds is 10. The SMILES string of the molecule is COc1ccc(C(=O)CCC(=O)c2ccc(OC)c(-c3ccc(C)cc3-n3cccn3)n2)cc1OC. The molecule has 0 atom stereocenters. The van der Waals surface area contributed by atoms with Gasteiger partial charge in [-0.2, -0.15) is 5.10 Å². The number of hydrogen-bond donors (Lipinski definition) is 0. The Balaban J connectivity index is 1.59. The molecule has 36 heavy (non-hydrogen) atoms. The molecule has 2 heterocycles. The number of Topliss-reactive ketones (excluding diaryl/α,β-unsaturated/α-hetero) is 2. The minimum absolute atomic E-state index is 0.0197. The number of hydrogen-bond acceptors (Lipinski definition) is 7. The van der Waals surface area contributed by atoms with Crippen LogP contribution in [0.15, 0.2) is 67.0 Å². The molecule has 184 valence electrons. The van der Waals surface area contributed by atoms with Gasteiger partial charge in [-0.1, -0.05) is 12.1 Å². The Morgan fingerprint density at radius 2 is 1.56 bits per heavy atom. The van der Waals surface area contributed by atoms with Crippen molar-refractivity contribution in [2.24, 2.45) is 0 Å². The van der Waals surface area contributed by atoms with Crippen LogP contribution < -0.4 is 14.2 Å². The highest BCUT2D eigenvalue weighted by Crippen LogP contribution is 2.33. The van der Waals surface area contributed by atoms with Crippen LogP contribution in [-0.4, -0.2) is 47.7 Å². The predicted octanol–water partition coefficient (Wildman–Crippen LogP) is 5.11. The molecule has 0 spiro atoms. The average Bonchev–Trinajstić information content (AvgIpc) is 3.45. The van der Waals surface area contributed by atoms with Crippen molar-refractivity contribution in [2.45, 2.75) is 19.8 Å². The number of aromatic nitrogens is 3. The van der Waals surface area contributed by atoms with Gasteiger partial charge in [0, 0.05) is 36.4 Å². The summed E-state index contributed by atoms with van der Waals surface area (Å²) in [6.07, 6.45) is 3.61. The lowest BCUT2D eigenvalue weighted by molar-refractivity contribution is 0.0915. The molecule has 0 unspecified atom stereocenters. The largest absolute Gasteiger partial charge is 0.494 e. The Morgan fingerprint density at radius 1 is 0.833 bits per heavy atom. The molecule has 0 aliphatic carbocycles. The monoisotopic (exact) mass is 485 g/mol. The summed E-state index contributed by atoms with van der Waals surface area (Å²) in [6, 6.07) is 16.0. The third-order valence-corrected chi connectivity index (χ3v) is 5.81. The van der Waals surface area contributed by atoms with Gasteiger partial charge in [0.25, 0.3) is 0 Å². The van der Waals surface area contributed by atoms with Crippen molar-refractivity contribution in [3.8, 4) is 34.2 Å². The van der Waals surface area contributed by atoms with E-state index in [0.29, 0.717) is 28.5 Å². The summed E-state index contributed by atoms with van der Waals surface area (Å²) in [5.41, 5.74) is 3.89. The second-order valence-corrected chi connectivity index (χ2v) is 8.13. The zero-order chi connectivity index (χ0) is 25.7. The summed E-state index contributed by atoms with van der Waals surface area (Å²) in [5, 5.41) is 4.35. The van der Waals surface area contributed by atoms with Crippen LogP contribution in [-0.2, 0) is 0 Å². The maximum Gasteiger partial charge on any atom is 0.181 e. The number of benzene rings is 2. The van der Waals surface area contributed by atoms with Crippen molar-refractivity contribution in [3.63, 3.8) is 0 Å². The van der Waals surface area contributed by atoms with Crippen molar-refractivity contribution < 1.29 is 23.8 Å². The van der Waals surface area contributed by atoms with Crippen LogP contribution in [0.25, 0.3) is 16.9 Å². The number of methoxy groups -OCH3 is 3. The highest BCUT2D eigenvalue weighted by molar-refractivity contribution is 6.02. The molecule has 0 radical (unpaired) electrons. The van der Waals surface area contributed by atoms with E-state index in [-0.39, 0.29) is 30.1 Å². The van der Waals surface area contributed by atoms with Gasteiger partial charge in [0.05, 0.1) is 27.0 Å². The molecule has 8 nitrogen and oxygen atoms in total. The van der Waals surface area contributed by atoms with Crippen LogP contribution in [0.1, 0.15) is 39.3 Å². The summed E-state index contributed by atoms with van der Waals surface area (Å²) >= 11 is 0. The molecule has 0 saturated heterocycles. The second kappa shape index (κ2) is 10.9.